The highest BCUT2D eigenvalue weighted by Crippen LogP contribution is 2.36. The number of anilines is 2. The lowest BCUT2D eigenvalue weighted by atomic mass is 10.1. The van der Waals surface area contributed by atoms with Gasteiger partial charge in [0.1, 0.15) is 13.2 Å². The Kier molecular flexibility index (Phi) is 4.13. The molecule has 8 nitrogen and oxygen atoms in total. The number of thiazole rings is 1. The summed E-state index contributed by atoms with van der Waals surface area (Å²) in [7, 11) is 0. The van der Waals surface area contributed by atoms with E-state index in [9.17, 15) is 4.79 Å². The largest absolute Gasteiger partial charge is 0.486 e. The van der Waals surface area contributed by atoms with Crippen molar-refractivity contribution in [2.75, 3.05) is 30.6 Å². The summed E-state index contributed by atoms with van der Waals surface area (Å²) in [5, 5.41) is 7.86. The van der Waals surface area contributed by atoms with Crippen LogP contribution in [0.1, 0.15) is 0 Å². The summed E-state index contributed by atoms with van der Waals surface area (Å²) in [6, 6.07) is 10.5. The zero-order chi connectivity index (χ0) is 18.9. The number of amides is 2. The second-order valence-corrected chi connectivity index (χ2v) is 6.90. The smallest absolute Gasteiger partial charge is 0.325 e. The number of nitrogens with zero attached hydrogens (tertiary/aromatic N) is 1. The van der Waals surface area contributed by atoms with Crippen LogP contribution in [0.4, 0.5) is 15.6 Å². The molecule has 0 atom stereocenters. The maximum atomic E-state index is 12.3. The maximum absolute atomic E-state index is 12.3. The Morgan fingerprint density at radius 3 is 2.57 bits per heavy atom. The molecule has 0 radical (unpaired) electrons. The molecule has 3 heterocycles. The Balaban J connectivity index is 1.27. The van der Waals surface area contributed by atoms with Gasteiger partial charge in [-0.2, -0.15) is 0 Å². The van der Waals surface area contributed by atoms with Crippen molar-refractivity contribution >= 4 is 28.2 Å². The molecule has 28 heavy (non-hydrogen) atoms. The lowest BCUT2D eigenvalue weighted by Gasteiger charge is -2.18. The molecule has 0 aliphatic carbocycles. The first-order chi connectivity index (χ1) is 13.7. The van der Waals surface area contributed by atoms with Crippen LogP contribution in [0.5, 0.6) is 23.0 Å². The van der Waals surface area contributed by atoms with Crippen molar-refractivity contribution < 1.29 is 23.7 Å². The van der Waals surface area contributed by atoms with Gasteiger partial charge in [0.2, 0.25) is 6.79 Å². The molecule has 0 spiro atoms. The lowest BCUT2D eigenvalue weighted by Crippen LogP contribution is -2.19. The van der Waals surface area contributed by atoms with Crippen LogP contribution in [-0.2, 0) is 0 Å². The van der Waals surface area contributed by atoms with Crippen molar-refractivity contribution in [2.24, 2.45) is 0 Å². The highest BCUT2D eigenvalue weighted by atomic mass is 32.1. The van der Waals surface area contributed by atoms with Crippen LogP contribution in [0.15, 0.2) is 41.8 Å². The Bertz CT molecular complexity index is 1050. The number of carbonyl (C=O) groups is 1. The van der Waals surface area contributed by atoms with E-state index >= 15 is 0 Å². The third-order valence-corrected chi connectivity index (χ3v) is 4.95. The van der Waals surface area contributed by atoms with E-state index < -0.39 is 0 Å². The standard InChI is InChI=1S/C19H15N3O5S/c23-18(20-12-2-4-15-17(8-12)27-10-26-15)22-19-21-13(9-28-19)11-1-3-14-16(7-11)25-6-5-24-14/h1-4,7-9H,5-6,10H2,(H2,20,21,22,23). The quantitative estimate of drug-likeness (QED) is 0.695. The van der Waals surface area contributed by atoms with Crippen molar-refractivity contribution in [2.45, 2.75) is 0 Å². The van der Waals surface area contributed by atoms with E-state index in [0.29, 0.717) is 41.3 Å². The molecule has 2 aliphatic rings. The molecule has 9 heteroatoms. The molecule has 2 aliphatic heterocycles. The average molecular weight is 397 g/mol. The first-order valence-electron chi connectivity index (χ1n) is 8.58. The van der Waals surface area contributed by atoms with Gasteiger partial charge in [-0.1, -0.05) is 0 Å². The maximum Gasteiger partial charge on any atom is 0.325 e. The van der Waals surface area contributed by atoms with Gasteiger partial charge in [-0.25, -0.2) is 9.78 Å². The van der Waals surface area contributed by atoms with E-state index in [2.05, 4.69) is 15.6 Å². The Hall–Kier alpha value is -3.46. The molecular weight excluding hydrogens is 382 g/mol. The minimum Gasteiger partial charge on any atom is -0.486 e. The topological polar surface area (TPSA) is 90.9 Å². The van der Waals surface area contributed by atoms with E-state index in [4.69, 9.17) is 18.9 Å². The monoisotopic (exact) mass is 397 g/mol. The molecular formula is C19H15N3O5S. The SMILES string of the molecule is O=C(Nc1ccc2c(c1)OCO2)Nc1nc(-c2ccc3c(c2)OCCO3)cs1. The second kappa shape index (κ2) is 6.93. The van der Waals surface area contributed by atoms with E-state index in [1.54, 1.807) is 18.2 Å². The van der Waals surface area contributed by atoms with Crippen LogP contribution in [0.3, 0.4) is 0 Å². The van der Waals surface area contributed by atoms with Crippen LogP contribution >= 0.6 is 11.3 Å². The summed E-state index contributed by atoms with van der Waals surface area (Å²) in [4.78, 5) is 16.7. The van der Waals surface area contributed by atoms with Crippen LogP contribution < -0.4 is 29.6 Å². The molecule has 0 unspecified atom stereocenters. The number of urea groups is 1. The van der Waals surface area contributed by atoms with Crippen molar-refractivity contribution in [1.82, 2.24) is 4.98 Å². The van der Waals surface area contributed by atoms with Crippen LogP contribution in [0.25, 0.3) is 11.3 Å². The third-order valence-electron chi connectivity index (χ3n) is 4.19. The van der Waals surface area contributed by atoms with Gasteiger partial charge >= 0.3 is 6.03 Å². The van der Waals surface area contributed by atoms with E-state index in [1.165, 1.54) is 11.3 Å². The molecule has 5 rings (SSSR count). The summed E-state index contributed by atoms with van der Waals surface area (Å²) >= 11 is 1.34. The second-order valence-electron chi connectivity index (χ2n) is 6.04. The predicted octanol–water partition coefficient (Wildman–Crippen LogP) is 3.95. The van der Waals surface area contributed by atoms with E-state index in [1.807, 2.05) is 23.6 Å². The zero-order valence-electron chi connectivity index (χ0n) is 14.6. The summed E-state index contributed by atoms with van der Waals surface area (Å²) in [5.41, 5.74) is 2.25. The van der Waals surface area contributed by atoms with E-state index in [0.717, 1.165) is 17.0 Å². The fraction of sp³-hybridized carbons (Fsp3) is 0.158. The third kappa shape index (κ3) is 3.27. The van der Waals surface area contributed by atoms with Gasteiger partial charge in [0, 0.05) is 22.7 Å². The first-order valence-corrected chi connectivity index (χ1v) is 9.46. The Morgan fingerprint density at radius 2 is 1.64 bits per heavy atom. The molecule has 142 valence electrons. The van der Waals surface area contributed by atoms with Gasteiger partial charge < -0.3 is 24.3 Å². The van der Waals surface area contributed by atoms with Gasteiger partial charge in [0.15, 0.2) is 28.1 Å². The van der Waals surface area contributed by atoms with Crippen molar-refractivity contribution in [3.8, 4) is 34.3 Å². The van der Waals surface area contributed by atoms with Gasteiger partial charge in [-0.3, -0.25) is 5.32 Å². The Labute approximate surface area is 164 Å². The summed E-state index contributed by atoms with van der Waals surface area (Å²) < 4.78 is 21.7. The van der Waals surface area contributed by atoms with Crippen molar-refractivity contribution in [3.05, 3.63) is 41.8 Å². The van der Waals surface area contributed by atoms with Crippen LogP contribution in [-0.4, -0.2) is 31.0 Å². The van der Waals surface area contributed by atoms with Gasteiger partial charge in [0.05, 0.1) is 5.69 Å². The van der Waals surface area contributed by atoms with E-state index in [-0.39, 0.29) is 12.8 Å². The average Bonchev–Trinajstić information content (AvgIpc) is 3.36. The molecule has 2 amide bonds. The zero-order valence-corrected chi connectivity index (χ0v) is 15.4. The van der Waals surface area contributed by atoms with Crippen molar-refractivity contribution in [1.29, 1.82) is 0 Å². The lowest BCUT2D eigenvalue weighted by molar-refractivity contribution is 0.171. The number of ether oxygens (including phenoxy) is 4. The highest BCUT2D eigenvalue weighted by Gasteiger charge is 2.16. The number of hydrogen-bond donors (Lipinski definition) is 2. The van der Waals surface area contributed by atoms with Gasteiger partial charge in [-0.15, -0.1) is 11.3 Å². The number of benzene rings is 2. The number of rotatable bonds is 3. The van der Waals surface area contributed by atoms with Crippen molar-refractivity contribution in [3.63, 3.8) is 0 Å². The molecule has 0 bridgehead atoms. The summed E-state index contributed by atoms with van der Waals surface area (Å²) in [6.45, 7) is 1.27. The minimum atomic E-state index is -0.387. The van der Waals surface area contributed by atoms with Crippen LogP contribution in [0.2, 0.25) is 0 Å². The van der Waals surface area contributed by atoms with Crippen LogP contribution in [0, 0.1) is 0 Å². The highest BCUT2D eigenvalue weighted by molar-refractivity contribution is 7.14. The van der Waals surface area contributed by atoms with Gasteiger partial charge in [0.25, 0.3) is 0 Å². The fourth-order valence-electron chi connectivity index (χ4n) is 2.90. The number of aromatic nitrogens is 1. The molecule has 2 aromatic carbocycles. The fourth-order valence-corrected chi connectivity index (χ4v) is 3.61. The normalized spacial score (nSPS) is 13.9. The number of hydrogen-bond acceptors (Lipinski definition) is 7. The molecule has 0 saturated heterocycles. The molecule has 3 aromatic rings. The number of fused-ring (bicyclic) bond motifs is 2. The molecule has 0 fully saturated rings. The summed E-state index contributed by atoms with van der Waals surface area (Å²) in [5.74, 6) is 2.70. The molecule has 1 aromatic heterocycles. The first kappa shape index (κ1) is 16.7. The Morgan fingerprint density at radius 1 is 0.893 bits per heavy atom. The summed E-state index contributed by atoms with van der Waals surface area (Å²) in [6.07, 6.45) is 0. The predicted molar refractivity (Wildman–Crippen MR) is 104 cm³/mol. The minimum absolute atomic E-state index is 0.187. The van der Waals surface area contributed by atoms with Gasteiger partial charge in [-0.05, 0) is 30.3 Å². The molecule has 0 saturated carbocycles. The number of carbonyl (C=O) groups excluding carboxylic acids is 1. The molecule has 2 N–H and O–H groups in total. The number of nitrogens with one attached hydrogen (secondary N) is 2.